The van der Waals surface area contributed by atoms with Crippen molar-refractivity contribution in [3.63, 3.8) is 0 Å². The molecule has 5 heteroatoms. The van der Waals surface area contributed by atoms with E-state index < -0.39 is 0 Å². The van der Waals surface area contributed by atoms with Crippen LogP contribution in [0.5, 0.6) is 17.2 Å². The second-order valence-corrected chi connectivity index (χ2v) is 5.83. The summed E-state index contributed by atoms with van der Waals surface area (Å²) in [6.45, 7) is 5.19. The van der Waals surface area contributed by atoms with E-state index in [1.807, 2.05) is 19.1 Å². The standard InChI is InChI=1S/C20H22ClNO3/c1-3-5-15-6-8-17(9-7-15)24-10-11-25-20-18(21)12-16(14-22)13-19(20)23-4-2/h6-9,12-13H,3-5,10-11H2,1-2H3. The van der Waals surface area contributed by atoms with Crippen LogP contribution >= 0.6 is 11.6 Å². The second-order valence-electron chi connectivity index (χ2n) is 5.42. The average molecular weight is 360 g/mol. The minimum Gasteiger partial charge on any atom is -0.490 e. The van der Waals surface area contributed by atoms with Gasteiger partial charge in [0, 0.05) is 6.07 Å². The molecule has 0 spiro atoms. The Morgan fingerprint density at radius 2 is 1.72 bits per heavy atom. The summed E-state index contributed by atoms with van der Waals surface area (Å²) >= 11 is 6.20. The smallest absolute Gasteiger partial charge is 0.179 e. The van der Waals surface area contributed by atoms with Crippen molar-refractivity contribution in [2.75, 3.05) is 19.8 Å². The van der Waals surface area contributed by atoms with E-state index in [0.29, 0.717) is 41.9 Å². The first-order valence-electron chi connectivity index (χ1n) is 8.38. The van der Waals surface area contributed by atoms with Crippen LogP contribution in [0.1, 0.15) is 31.4 Å². The molecule has 0 heterocycles. The van der Waals surface area contributed by atoms with Crippen LogP contribution < -0.4 is 14.2 Å². The molecular formula is C20H22ClNO3. The lowest BCUT2D eigenvalue weighted by Gasteiger charge is -2.14. The van der Waals surface area contributed by atoms with Gasteiger partial charge in [0.05, 0.1) is 23.3 Å². The highest BCUT2D eigenvalue weighted by molar-refractivity contribution is 6.32. The molecule has 4 nitrogen and oxygen atoms in total. The minimum absolute atomic E-state index is 0.322. The maximum absolute atomic E-state index is 9.01. The molecule has 0 saturated heterocycles. The van der Waals surface area contributed by atoms with Crippen molar-refractivity contribution >= 4 is 11.6 Å². The molecule has 0 atom stereocenters. The number of benzene rings is 2. The van der Waals surface area contributed by atoms with Crippen molar-refractivity contribution in [1.29, 1.82) is 5.26 Å². The predicted molar refractivity (Wildman–Crippen MR) is 98.8 cm³/mol. The van der Waals surface area contributed by atoms with Crippen molar-refractivity contribution in [1.82, 2.24) is 0 Å². The highest BCUT2D eigenvalue weighted by Crippen LogP contribution is 2.36. The number of halogens is 1. The van der Waals surface area contributed by atoms with Gasteiger partial charge in [-0.15, -0.1) is 0 Å². The molecule has 0 unspecified atom stereocenters. The molecule has 0 aliphatic carbocycles. The summed E-state index contributed by atoms with van der Waals surface area (Å²) in [4.78, 5) is 0. The third-order valence-corrected chi connectivity index (χ3v) is 3.78. The Hall–Kier alpha value is -2.38. The summed E-state index contributed by atoms with van der Waals surface area (Å²) in [5, 5.41) is 9.37. The maximum atomic E-state index is 9.01. The van der Waals surface area contributed by atoms with Crippen LogP contribution in [-0.4, -0.2) is 19.8 Å². The molecule has 0 aromatic heterocycles. The average Bonchev–Trinajstić information content (AvgIpc) is 2.62. The van der Waals surface area contributed by atoms with Crippen LogP contribution in [-0.2, 0) is 6.42 Å². The van der Waals surface area contributed by atoms with E-state index in [4.69, 9.17) is 31.1 Å². The van der Waals surface area contributed by atoms with Gasteiger partial charge in [-0.1, -0.05) is 37.1 Å². The Morgan fingerprint density at radius 3 is 2.36 bits per heavy atom. The summed E-state index contributed by atoms with van der Waals surface area (Å²) in [5.41, 5.74) is 1.74. The summed E-state index contributed by atoms with van der Waals surface area (Å²) in [5.74, 6) is 1.71. The van der Waals surface area contributed by atoms with E-state index >= 15 is 0 Å². The van der Waals surface area contributed by atoms with E-state index in [0.717, 1.165) is 18.6 Å². The molecular weight excluding hydrogens is 338 g/mol. The van der Waals surface area contributed by atoms with Gasteiger partial charge >= 0.3 is 0 Å². The van der Waals surface area contributed by atoms with E-state index in [-0.39, 0.29) is 0 Å². The Kier molecular flexibility index (Phi) is 7.43. The molecule has 132 valence electrons. The number of nitriles is 1. The van der Waals surface area contributed by atoms with Crippen molar-refractivity contribution in [3.8, 4) is 23.3 Å². The Balaban J connectivity index is 1.92. The molecule has 2 rings (SSSR count). The van der Waals surface area contributed by atoms with E-state index in [1.165, 1.54) is 5.56 Å². The van der Waals surface area contributed by atoms with Crippen LogP contribution in [0.2, 0.25) is 5.02 Å². The number of nitrogens with zero attached hydrogens (tertiary/aromatic N) is 1. The van der Waals surface area contributed by atoms with Crippen LogP contribution in [0.4, 0.5) is 0 Å². The first-order valence-corrected chi connectivity index (χ1v) is 8.76. The molecule has 0 aliphatic rings. The van der Waals surface area contributed by atoms with E-state index in [1.54, 1.807) is 12.1 Å². The van der Waals surface area contributed by atoms with Crippen LogP contribution in [0.25, 0.3) is 0 Å². The van der Waals surface area contributed by atoms with Gasteiger partial charge in [-0.2, -0.15) is 5.26 Å². The molecule has 0 N–H and O–H groups in total. The van der Waals surface area contributed by atoms with Crippen LogP contribution in [0.3, 0.4) is 0 Å². The topological polar surface area (TPSA) is 51.5 Å². The molecule has 0 aliphatic heterocycles. The van der Waals surface area contributed by atoms with Gasteiger partial charge in [-0.25, -0.2) is 0 Å². The van der Waals surface area contributed by atoms with Gasteiger partial charge in [0.2, 0.25) is 0 Å². The van der Waals surface area contributed by atoms with Gasteiger partial charge in [-0.3, -0.25) is 0 Å². The Morgan fingerprint density at radius 1 is 1.00 bits per heavy atom. The fourth-order valence-electron chi connectivity index (χ4n) is 2.38. The lowest BCUT2D eigenvalue weighted by Crippen LogP contribution is -2.10. The lowest BCUT2D eigenvalue weighted by molar-refractivity contribution is 0.208. The molecule has 2 aromatic rings. The zero-order valence-electron chi connectivity index (χ0n) is 14.5. The number of hydrogen-bond donors (Lipinski definition) is 0. The summed E-state index contributed by atoms with van der Waals surface area (Å²) in [6, 6.07) is 13.3. The molecule has 0 radical (unpaired) electrons. The highest BCUT2D eigenvalue weighted by Gasteiger charge is 2.12. The Labute approximate surface area is 153 Å². The normalized spacial score (nSPS) is 10.2. The number of rotatable bonds is 9. The number of hydrogen-bond acceptors (Lipinski definition) is 4. The van der Waals surface area contributed by atoms with Gasteiger partial charge in [0.15, 0.2) is 11.5 Å². The quantitative estimate of drug-likeness (QED) is 0.590. The first kappa shape index (κ1) is 19.0. The van der Waals surface area contributed by atoms with Crippen molar-refractivity contribution in [2.45, 2.75) is 26.7 Å². The molecule has 25 heavy (non-hydrogen) atoms. The number of aryl methyl sites for hydroxylation is 1. The first-order chi connectivity index (χ1) is 12.2. The maximum Gasteiger partial charge on any atom is 0.179 e. The lowest BCUT2D eigenvalue weighted by atomic mass is 10.1. The van der Waals surface area contributed by atoms with Gasteiger partial charge in [-0.05, 0) is 37.1 Å². The van der Waals surface area contributed by atoms with Crippen LogP contribution in [0, 0.1) is 11.3 Å². The fraction of sp³-hybridized carbons (Fsp3) is 0.350. The van der Waals surface area contributed by atoms with Crippen molar-refractivity contribution < 1.29 is 14.2 Å². The van der Waals surface area contributed by atoms with Gasteiger partial charge in [0.25, 0.3) is 0 Å². The van der Waals surface area contributed by atoms with E-state index in [9.17, 15) is 0 Å². The van der Waals surface area contributed by atoms with Gasteiger partial charge in [0.1, 0.15) is 19.0 Å². The highest BCUT2D eigenvalue weighted by atomic mass is 35.5. The monoisotopic (exact) mass is 359 g/mol. The summed E-state index contributed by atoms with van der Waals surface area (Å²) in [6.07, 6.45) is 2.20. The van der Waals surface area contributed by atoms with Crippen molar-refractivity contribution in [2.24, 2.45) is 0 Å². The largest absolute Gasteiger partial charge is 0.490 e. The Bertz CT molecular complexity index is 723. The third-order valence-electron chi connectivity index (χ3n) is 3.50. The van der Waals surface area contributed by atoms with Gasteiger partial charge < -0.3 is 14.2 Å². The minimum atomic E-state index is 0.322. The third kappa shape index (κ3) is 5.58. The van der Waals surface area contributed by atoms with E-state index in [2.05, 4.69) is 25.1 Å². The predicted octanol–water partition coefficient (Wildman–Crippen LogP) is 5.02. The zero-order chi connectivity index (χ0) is 18.1. The molecule has 0 amide bonds. The summed E-state index contributed by atoms with van der Waals surface area (Å²) < 4.78 is 16.9. The molecule has 0 fully saturated rings. The second kappa shape index (κ2) is 9.80. The molecule has 0 saturated carbocycles. The zero-order valence-corrected chi connectivity index (χ0v) is 15.3. The molecule has 2 aromatic carbocycles. The van der Waals surface area contributed by atoms with Crippen molar-refractivity contribution in [3.05, 3.63) is 52.5 Å². The van der Waals surface area contributed by atoms with Crippen LogP contribution in [0.15, 0.2) is 36.4 Å². The fourth-order valence-corrected chi connectivity index (χ4v) is 2.65. The SMILES string of the molecule is CCCc1ccc(OCCOc2c(Cl)cc(C#N)cc2OCC)cc1. The molecule has 0 bridgehead atoms. The number of ether oxygens (including phenoxy) is 3. The summed E-state index contributed by atoms with van der Waals surface area (Å²) in [7, 11) is 0.